The normalized spacial score (nSPS) is 15.3. The van der Waals surface area contributed by atoms with E-state index in [9.17, 15) is 4.79 Å². The van der Waals surface area contributed by atoms with Crippen molar-refractivity contribution in [2.24, 2.45) is 17.8 Å². The van der Waals surface area contributed by atoms with Crippen molar-refractivity contribution >= 4 is 29.3 Å². The number of aliphatic imine (C=N–C) groups is 1. The fourth-order valence-corrected chi connectivity index (χ4v) is 5.87. The number of fused-ring (bicyclic) bond motifs is 3. The lowest BCUT2D eigenvalue weighted by Crippen LogP contribution is -2.47. The van der Waals surface area contributed by atoms with Gasteiger partial charge in [-0.3, -0.25) is 14.5 Å². The molecule has 0 spiro atoms. The second kappa shape index (κ2) is 12.3. The number of rotatable bonds is 7. The van der Waals surface area contributed by atoms with E-state index in [2.05, 4.69) is 39.4 Å². The standard InChI is InChI=1S/C33H37N9O2/c1-35-19-25(18-34)21-5-7-22(8-6-21)31-29-27(39-41(31)3)12-10-24-20-36-33(38-30(24)29)37-26-11-9-23(17-28(26)44-4)32(43)42-15-13-40(2)14-16-42/h5-9,11,17-20H,10,12-16,34H2,1-4H3,(H,36,37,38). The lowest BCUT2D eigenvalue weighted by Gasteiger charge is -2.32. The second-order valence-electron chi connectivity index (χ2n) is 11.1. The highest BCUT2D eigenvalue weighted by molar-refractivity contribution is 6.09. The van der Waals surface area contributed by atoms with Crippen molar-refractivity contribution in [3.8, 4) is 28.3 Å². The first kappa shape index (κ1) is 29.1. The van der Waals surface area contributed by atoms with Crippen LogP contribution in [-0.4, -0.2) is 89.1 Å². The maximum Gasteiger partial charge on any atom is 0.254 e. The Bertz CT molecular complexity index is 1750. The van der Waals surface area contributed by atoms with Gasteiger partial charge in [-0.15, -0.1) is 0 Å². The van der Waals surface area contributed by atoms with Crippen molar-refractivity contribution in [1.82, 2.24) is 29.5 Å². The molecule has 6 rings (SSSR count). The maximum absolute atomic E-state index is 13.2. The monoisotopic (exact) mass is 591 g/mol. The maximum atomic E-state index is 13.2. The van der Waals surface area contributed by atoms with E-state index in [0.717, 1.165) is 70.8 Å². The molecule has 1 aliphatic carbocycles. The summed E-state index contributed by atoms with van der Waals surface area (Å²) in [5.74, 6) is 0.995. The van der Waals surface area contributed by atoms with Crippen LogP contribution in [0.3, 0.4) is 0 Å². The van der Waals surface area contributed by atoms with Crippen LogP contribution in [0.1, 0.15) is 27.2 Å². The molecule has 44 heavy (non-hydrogen) atoms. The highest BCUT2D eigenvalue weighted by Gasteiger charge is 2.27. The first-order valence-corrected chi connectivity index (χ1v) is 14.7. The Labute approximate surface area is 257 Å². The molecule has 1 amide bonds. The van der Waals surface area contributed by atoms with Crippen LogP contribution in [0.5, 0.6) is 5.75 Å². The van der Waals surface area contributed by atoms with Gasteiger partial charge in [-0.25, -0.2) is 9.97 Å². The number of piperazine rings is 1. The number of anilines is 2. The Morgan fingerprint density at radius 2 is 1.80 bits per heavy atom. The van der Waals surface area contributed by atoms with E-state index in [-0.39, 0.29) is 5.91 Å². The van der Waals surface area contributed by atoms with Gasteiger partial charge in [0, 0.05) is 81.1 Å². The predicted octanol–water partition coefficient (Wildman–Crippen LogP) is 3.78. The largest absolute Gasteiger partial charge is 0.495 e. The first-order valence-electron chi connectivity index (χ1n) is 14.7. The van der Waals surface area contributed by atoms with Crippen LogP contribution in [0.4, 0.5) is 11.6 Å². The van der Waals surface area contributed by atoms with Crippen LogP contribution in [0.2, 0.25) is 0 Å². The molecule has 3 heterocycles. The molecule has 2 aromatic heterocycles. The van der Waals surface area contributed by atoms with E-state index in [0.29, 0.717) is 36.0 Å². The van der Waals surface area contributed by atoms with Crippen molar-refractivity contribution in [1.29, 1.82) is 0 Å². The summed E-state index contributed by atoms with van der Waals surface area (Å²) in [7, 11) is 7.36. The van der Waals surface area contributed by atoms with Gasteiger partial charge in [0.25, 0.3) is 5.91 Å². The Hall–Kier alpha value is -5.03. The summed E-state index contributed by atoms with van der Waals surface area (Å²) in [5, 5.41) is 8.19. The summed E-state index contributed by atoms with van der Waals surface area (Å²) >= 11 is 0. The van der Waals surface area contributed by atoms with Crippen LogP contribution in [0.15, 0.2) is 59.9 Å². The fraction of sp³-hybridized carbons (Fsp3) is 0.303. The van der Waals surface area contributed by atoms with Crippen LogP contribution < -0.4 is 15.8 Å². The van der Waals surface area contributed by atoms with Crippen molar-refractivity contribution in [3.05, 3.63) is 77.2 Å². The average molecular weight is 592 g/mol. The van der Waals surface area contributed by atoms with Crippen molar-refractivity contribution in [2.75, 3.05) is 52.7 Å². The molecule has 2 aromatic carbocycles. The van der Waals surface area contributed by atoms with E-state index in [1.165, 1.54) is 0 Å². The number of carbonyl (C=O) groups is 1. The lowest BCUT2D eigenvalue weighted by molar-refractivity contribution is 0.0664. The molecule has 11 heteroatoms. The number of hydrogen-bond acceptors (Lipinski definition) is 9. The number of nitrogens with one attached hydrogen (secondary N) is 1. The van der Waals surface area contributed by atoms with Gasteiger partial charge in [-0.05, 0) is 49.2 Å². The van der Waals surface area contributed by atoms with Crippen LogP contribution in [0, 0.1) is 0 Å². The number of nitrogens with two attached hydrogens (primary N) is 1. The van der Waals surface area contributed by atoms with Gasteiger partial charge in [-0.2, -0.15) is 5.10 Å². The number of allylic oxidation sites excluding steroid dienone is 1. The Balaban J connectivity index is 1.30. The summed E-state index contributed by atoms with van der Waals surface area (Å²) in [4.78, 5) is 31.0. The molecular weight excluding hydrogens is 554 g/mol. The minimum Gasteiger partial charge on any atom is -0.495 e. The third kappa shape index (κ3) is 5.53. The molecular formula is C33H37N9O2. The van der Waals surface area contributed by atoms with E-state index < -0.39 is 0 Å². The molecule has 226 valence electrons. The zero-order chi connectivity index (χ0) is 30.8. The first-order chi connectivity index (χ1) is 21.4. The van der Waals surface area contributed by atoms with E-state index in [1.807, 2.05) is 47.1 Å². The molecule has 4 aromatic rings. The SMILES string of the molecule is CN=CC(=CN)c1ccc(-c2c3c(nn2C)CCc2cnc(Nc4ccc(C(=O)N5CCN(C)CC5)cc4OC)nc2-3)cc1. The molecule has 0 radical (unpaired) electrons. The topological polar surface area (TPSA) is 127 Å². The Morgan fingerprint density at radius 1 is 1.05 bits per heavy atom. The number of aromatic nitrogens is 4. The number of methoxy groups -OCH3 is 1. The van der Waals surface area contributed by atoms with Crippen molar-refractivity contribution < 1.29 is 9.53 Å². The van der Waals surface area contributed by atoms with E-state index >= 15 is 0 Å². The van der Waals surface area contributed by atoms with Gasteiger partial charge in [0.1, 0.15) is 5.75 Å². The highest BCUT2D eigenvalue weighted by atomic mass is 16.5. The molecule has 2 aliphatic rings. The number of ether oxygens (including phenoxy) is 1. The summed E-state index contributed by atoms with van der Waals surface area (Å²) in [5.41, 5.74) is 14.9. The Morgan fingerprint density at radius 3 is 2.50 bits per heavy atom. The molecule has 1 saturated heterocycles. The summed E-state index contributed by atoms with van der Waals surface area (Å²) in [6.45, 7) is 3.15. The average Bonchev–Trinajstić information content (AvgIpc) is 3.40. The smallest absolute Gasteiger partial charge is 0.254 e. The third-order valence-corrected chi connectivity index (χ3v) is 8.28. The minimum atomic E-state index is 0.00594. The van der Waals surface area contributed by atoms with Gasteiger partial charge in [0.05, 0.1) is 29.9 Å². The molecule has 0 unspecified atom stereocenters. The quantitative estimate of drug-likeness (QED) is 0.311. The molecule has 0 saturated carbocycles. The van der Waals surface area contributed by atoms with Crippen molar-refractivity contribution in [3.63, 3.8) is 0 Å². The number of nitrogens with zero attached hydrogens (tertiary/aromatic N) is 7. The molecule has 1 aliphatic heterocycles. The van der Waals surface area contributed by atoms with Gasteiger partial charge in [0.15, 0.2) is 0 Å². The van der Waals surface area contributed by atoms with Crippen LogP contribution in [0.25, 0.3) is 28.1 Å². The third-order valence-electron chi connectivity index (χ3n) is 8.28. The molecule has 1 fully saturated rings. The number of likely N-dealkylation sites (N-methyl/N-ethyl adjacent to an activating group) is 1. The lowest BCUT2D eigenvalue weighted by atomic mass is 9.91. The van der Waals surface area contributed by atoms with E-state index in [4.69, 9.17) is 20.6 Å². The fourth-order valence-electron chi connectivity index (χ4n) is 5.87. The minimum absolute atomic E-state index is 0.00594. The number of benzene rings is 2. The van der Waals surface area contributed by atoms with Gasteiger partial charge < -0.3 is 25.6 Å². The summed E-state index contributed by atoms with van der Waals surface area (Å²) in [6, 6.07) is 13.7. The summed E-state index contributed by atoms with van der Waals surface area (Å²) < 4.78 is 7.61. The van der Waals surface area contributed by atoms with E-state index in [1.54, 1.807) is 32.6 Å². The molecule has 3 N–H and O–H groups in total. The number of hydrogen-bond donors (Lipinski definition) is 2. The highest BCUT2D eigenvalue weighted by Crippen LogP contribution is 2.40. The predicted molar refractivity (Wildman–Crippen MR) is 173 cm³/mol. The molecule has 0 atom stereocenters. The number of amides is 1. The zero-order valence-corrected chi connectivity index (χ0v) is 25.5. The van der Waals surface area contributed by atoms with Crippen LogP contribution in [-0.2, 0) is 19.9 Å². The second-order valence-corrected chi connectivity index (χ2v) is 11.1. The number of carbonyl (C=O) groups excluding carboxylic acids is 1. The van der Waals surface area contributed by atoms with Gasteiger partial charge >= 0.3 is 0 Å². The molecule has 11 nitrogen and oxygen atoms in total. The molecule has 0 bridgehead atoms. The van der Waals surface area contributed by atoms with Crippen molar-refractivity contribution in [2.45, 2.75) is 12.8 Å². The zero-order valence-electron chi connectivity index (χ0n) is 25.5. The van der Waals surface area contributed by atoms with Gasteiger partial charge in [0.2, 0.25) is 5.95 Å². The van der Waals surface area contributed by atoms with Gasteiger partial charge in [-0.1, -0.05) is 24.3 Å². The van der Waals surface area contributed by atoms with Crippen LogP contribution >= 0.6 is 0 Å². The summed E-state index contributed by atoms with van der Waals surface area (Å²) in [6.07, 6.45) is 6.81. The Kier molecular flexibility index (Phi) is 8.12. The number of aryl methyl sites for hydroxylation is 3.